The molecular formula is C84H155N10O25P. The molecule has 0 aromatic carbocycles. The molecule has 0 aromatic heterocycles. The Balaban J connectivity index is 1.56. The van der Waals surface area contributed by atoms with Gasteiger partial charge in [-0.25, -0.2) is 4.67 Å². The second-order valence-corrected chi connectivity index (χ2v) is 33.0. The molecule has 120 heavy (non-hydrogen) atoms. The first-order valence-electron chi connectivity index (χ1n) is 44.1. The summed E-state index contributed by atoms with van der Waals surface area (Å²) in [6, 6.07) is -0.508. The highest BCUT2D eigenvalue weighted by atomic mass is 31.2. The summed E-state index contributed by atoms with van der Waals surface area (Å²) in [6.07, 6.45) is 6.02. The fourth-order valence-electron chi connectivity index (χ4n) is 14.4. The highest BCUT2D eigenvalue weighted by molar-refractivity contribution is 7.44. The van der Waals surface area contributed by atoms with E-state index in [1.807, 2.05) is 0 Å². The first-order chi connectivity index (χ1) is 57.7. The average molecular weight is 1740 g/mol. The molecule has 3 heterocycles. The number of ether oxygens (including phenoxy) is 15. The first kappa shape index (κ1) is 109. The molecule has 18 atom stereocenters. The van der Waals surface area contributed by atoms with Gasteiger partial charge in [0.2, 0.25) is 47.3 Å². The maximum Gasteiger partial charge on any atom is 0.259 e. The summed E-state index contributed by atoms with van der Waals surface area (Å²) >= 11 is 0. The summed E-state index contributed by atoms with van der Waals surface area (Å²) in [5, 5.41) is 32.5. The second-order valence-electron chi connectivity index (χ2n) is 31.6. The first-order valence-corrected chi connectivity index (χ1v) is 45.3. The Kier molecular flexibility index (Phi) is 60.4. The third kappa shape index (κ3) is 46.3. The van der Waals surface area contributed by atoms with Gasteiger partial charge in [-0.1, -0.05) is 75.2 Å². The van der Waals surface area contributed by atoms with Gasteiger partial charge < -0.3 is 123 Å². The molecular weight excluding hydrogens is 1580 g/mol. The highest BCUT2D eigenvalue weighted by Gasteiger charge is 2.45. The van der Waals surface area contributed by atoms with Crippen LogP contribution in [-0.2, 0) is 118 Å². The fourth-order valence-corrected chi connectivity index (χ4v) is 16.1. The Bertz CT molecular complexity index is 2820. The van der Waals surface area contributed by atoms with Crippen molar-refractivity contribution < 1.29 is 118 Å². The van der Waals surface area contributed by atoms with Crippen molar-refractivity contribution in [1.82, 2.24) is 47.2 Å². The summed E-state index contributed by atoms with van der Waals surface area (Å²) in [5.74, 6) is -1.52. The minimum Gasteiger partial charge on any atom is -0.377 e. The highest BCUT2D eigenvalue weighted by Crippen LogP contribution is 2.46. The van der Waals surface area contributed by atoms with Crippen molar-refractivity contribution in [2.45, 2.75) is 280 Å². The number of nitrogens with one attached hydrogen (secondary N) is 8. The van der Waals surface area contributed by atoms with Crippen LogP contribution in [0.1, 0.15) is 201 Å². The molecule has 0 aromatic rings. The number of rotatable bonds is 70. The molecule has 3 aliphatic heterocycles. The van der Waals surface area contributed by atoms with Gasteiger partial charge in [-0.05, 0) is 134 Å². The molecule has 0 radical (unpaired) electrons. The van der Waals surface area contributed by atoms with Crippen molar-refractivity contribution >= 4 is 55.8 Å². The van der Waals surface area contributed by atoms with E-state index < -0.39 is 63.8 Å². The number of nitrogens with zero attached hydrogens (tertiary/aromatic N) is 2. The molecule has 0 saturated carbocycles. The van der Waals surface area contributed by atoms with Crippen LogP contribution in [-0.4, -0.2) is 303 Å². The smallest absolute Gasteiger partial charge is 0.259 e. The molecule has 0 spiro atoms. The lowest BCUT2D eigenvalue weighted by atomic mass is 9.81. The predicted octanol–water partition coefficient (Wildman–Crippen LogP) is 6.43. The van der Waals surface area contributed by atoms with E-state index in [9.17, 15) is 38.4 Å². The Labute approximate surface area is 717 Å². The SMILES string of the molecule is CC[C@H]1O[C@@H](OCCOCCOCCOCC(=O)NCCCC[C@H](NC(=O)COCCOCCOCCO[C@@H]2O[C@H](CC)[C@H](C)[C@H](C)[C@H]2NC(C)=O)C(=O)N[C@H](CCCCNC(=O)COCCOCCOCCO[C@@H]2O[C@H](CC)[C@H](C)[C@H](C)[C@H]2NC(C)=O)C(=O)NCCCCCCOP(OCCC#N)N(C(C)C)C(C)C)[C@H](NC(C)=O)[C@H](C)[C@H]1C. The van der Waals surface area contributed by atoms with Gasteiger partial charge >= 0.3 is 0 Å². The normalized spacial score (nSPS) is 23.8. The van der Waals surface area contributed by atoms with Crippen LogP contribution >= 0.6 is 8.53 Å². The molecule has 8 amide bonds. The third-order valence-corrected chi connectivity index (χ3v) is 23.6. The predicted molar refractivity (Wildman–Crippen MR) is 450 cm³/mol. The second kappa shape index (κ2) is 66.4. The van der Waals surface area contributed by atoms with Crippen LogP contribution in [0.3, 0.4) is 0 Å². The van der Waals surface area contributed by atoms with Gasteiger partial charge in [-0.3, -0.25) is 38.4 Å². The Morgan fingerprint density at radius 1 is 0.375 bits per heavy atom. The lowest BCUT2D eigenvalue weighted by Gasteiger charge is -2.44. The largest absolute Gasteiger partial charge is 0.377 e. The van der Waals surface area contributed by atoms with Crippen molar-refractivity contribution in [1.29, 1.82) is 5.26 Å². The zero-order chi connectivity index (χ0) is 88.4. The van der Waals surface area contributed by atoms with E-state index in [1.54, 1.807) is 0 Å². The van der Waals surface area contributed by atoms with E-state index >= 15 is 0 Å². The fraction of sp³-hybridized carbons (Fsp3) is 0.893. The van der Waals surface area contributed by atoms with Crippen molar-refractivity contribution in [3.8, 4) is 6.07 Å². The minimum absolute atomic E-state index is 0.000992. The van der Waals surface area contributed by atoms with Gasteiger partial charge in [0.25, 0.3) is 8.53 Å². The van der Waals surface area contributed by atoms with Crippen LogP contribution in [0.2, 0.25) is 0 Å². The van der Waals surface area contributed by atoms with E-state index in [1.165, 1.54) is 20.8 Å². The number of carbonyl (C=O) groups is 8. The Morgan fingerprint density at radius 2 is 0.692 bits per heavy atom. The van der Waals surface area contributed by atoms with E-state index in [0.717, 1.165) is 38.5 Å². The van der Waals surface area contributed by atoms with E-state index in [0.29, 0.717) is 84.9 Å². The lowest BCUT2D eigenvalue weighted by molar-refractivity contribution is -0.239. The van der Waals surface area contributed by atoms with Gasteiger partial charge in [-0.2, -0.15) is 5.26 Å². The summed E-state index contributed by atoms with van der Waals surface area (Å²) in [4.78, 5) is 104. The van der Waals surface area contributed by atoms with Gasteiger partial charge in [0.15, 0.2) is 18.9 Å². The average Bonchev–Trinajstić information content (AvgIpc) is 0.819. The molecule has 8 N–H and O–H groups in total. The van der Waals surface area contributed by atoms with Crippen LogP contribution in [0.4, 0.5) is 0 Å². The molecule has 1 unspecified atom stereocenters. The van der Waals surface area contributed by atoms with Crippen LogP contribution in [0.25, 0.3) is 0 Å². The van der Waals surface area contributed by atoms with E-state index in [2.05, 4.69) is 143 Å². The van der Waals surface area contributed by atoms with Gasteiger partial charge in [0, 0.05) is 52.5 Å². The summed E-state index contributed by atoms with van der Waals surface area (Å²) in [6.45, 7) is 36.7. The van der Waals surface area contributed by atoms with Crippen LogP contribution in [0.5, 0.6) is 0 Å². The summed E-state index contributed by atoms with van der Waals surface area (Å²) in [5.41, 5.74) is 0. The molecule has 36 heteroatoms. The number of hydrogen-bond acceptors (Lipinski definition) is 27. The topological polar surface area (TPSA) is 417 Å². The van der Waals surface area contributed by atoms with Crippen LogP contribution in [0, 0.1) is 46.8 Å². The van der Waals surface area contributed by atoms with Crippen LogP contribution in [0.15, 0.2) is 0 Å². The van der Waals surface area contributed by atoms with Crippen molar-refractivity contribution in [2.24, 2.45) is 35.5 Å². The monoisotopic (exact) mass is 1740 g/mol. The van der Waals surface area contributed by atoms with Crippen LogP contribution < -0.4 is 42.5 Å². The molecule has 3 rings (SSSR count). The number of hydrogen-bond donors (Lipinski definition) is 8. The van der Waals surface area contributed by atoms with Crippen molar-refractivity contribution in [3.05, 3.63) is 0 Å². The third-order valence-electron chi connectivity index (χ3n) is 21.5. The molecule has 696 valence electrons. The van der Waals surface area contributed by atoms with Crippen molar-refractivity contribution in [3.63, 3.8) is 0 Å². The van der Waals surface area contributed by atoms with E-state index in [4.69, 9.17) is 85.4 Å². The van der Waals surface area contributed by atoms with Crippen molar-refractivity contribution in [2.75, 3.05) is 172 Å². The molecule has 0 bridgehead atoms. The summed E-state index contributed by atoms with van der Waals surface area (Å²) < 4.78 is 102. The maximum atomic E-state index is 14.5. The number of unbranched alkanes of at least 4 members (excludes halogenated alkanes) is 5. The summed E-state index contributed by atoms with van der Waals surface area (Å²) in [7, 11) is -1.37. The lowest BCUT2D eigenvalue weighted by Crippen LogP contribution is -2.57. The zero-order valence-electron chi connectivity index (χ0n) is 75.3. The molecule has 3 aliphatic rings. The molecule has 0 aliphatic carbocycles. The molecule has 3 fully saturated rings. The van der Waals surface area contributed by atoms with Gasteiger partial charge in [0.05, 0.1) is 181 Å². The minimum atomic E-state index is -1.37. The zero-order valence-corrected chi connectivity index (χ0v) is 76.2. The quantitative estimate of drug-likeness (QED) is 0.0240. The molecule has 3 saturated heterocycles. The molecule has 35 nitrogen and oxygen atoms in total. The van der Waals surface area contributed by atoms with Gasteiger partial charge in [0.1, 0.15) is 31.9 Å². The van der Waals surface area contributed by atoms with E-state index in [-0.39, 0.29) is 245 Å². The Hall–Kier alpha value is -5.04. The van der Waals surface area contributed by atoms with Gasteiger partial charge in [-0.15, -0.1) is 0 Å². The maximum absolute atomic E-state index is 14.5. The Morgan fingerprint density at radius 3 is 1.04 bits per heavy atom. The number of nitriles is 1. The standard InChI is InChI=1S/C84H155N10O25P/c1-17-71-60(8)63(11)77(89-66(14)95)82(117-71)112-52-49-106-40-37-103-43-46-109-55-74(98)86-32-25-22-29-69(80(101)88-34-24-20-21-27-35-115-120(116-36-28-31-85)94(58(4)5)59(6)7)93-81(102)70(92-76(100)57-111-48-45-105-39-42-108-51-54-114-84-79(91-68(16)97)65(13)62(10)73(19-3)119-84)30-23-26-33-87-75(99)56-110-47-44-104-38-41-107-50-53-113-83-78(90-67(15)96)64(12)61(9)72(18-2)118-83/h58-65,69-73,77-79,82-84H,17-30,32-57H2,1-16H3,(H,86,98)(H,87,99)(H,88,101)(H,89,95)(H,90,96)(H,91,97)(H,92,100)(H,93,102)/t60-,61-,62-,63+,64-,65+,69-,70+,71-,72-,73-,77-,78-,79-,82-,83-,84-,120?/m1/s1. The number of carbonyl (C=O) groups excluding carboxylic acids is 8. The number of amides is 8.